The predicted molar refractivity (Wildman–Crippen MR) is 72.9 cm³/mol. The highest BCUT2D eigenvalue weighted by Crippen LogP contribution is 2.21. The second kappa shape index (κ2) is 6.14. The van der Waals surface area contributed by atoms with Crippen LogP contribution in [0.4, 0.5) is 0 Å². The number of rotatable bonds is 6. The van der Waals surface area contributed by atoms with Crippen molar-refractivity contribution in [2.24, 2.45) is 4.99 Å². The summed E-state index contributed by atoms with van der Waals surface area (Å²) in [5, 5.41) is 3.15. The van der Waals surface area contributed by atoms with E-state index in [2.05, 4.69) is 15.0 Å². The molecule has 6 nitrogen and oxygen atoms in total. The largest absolute Gasteiger partial charge is 0.383 e. The van der Waals surface area contributed by atoms with Gasteiger partial charge < -0.3 is 10.1 Å². The molecule has 1 heterocycles. The fourth-order valence-electron chi connectivity index (χ4n) is 1.80. The summed E-state index contributed by atoms with van der Waals surface area (Å²) in [6.07, 6.45) is 0. The van der Waals surface area contributed by atoms with Gasteiger partial charge in [-0.25, -0.2) is 8.42 Å². The van der Waals surface area contributed by atoms with Crippen LogP contribution in [-0.4, -0.2) is 47.6 Å². The molecule has 2 N–H and O–H groups in total. The molecule has 1 aliphatic rings. The van der Waals surface area contributed by atoms with E-state index in [1.165, 1.54) is 0 Å². The van der Waals surface area contributed by atoms with Crippen LogP contribution in [0.5, 0.6) is 0 Å². The Bertz CT molecular complexity index is 569. The highest BCUT2D eigenvalue weighted by molar-refractivity contribution is 7.90. The molecule has 19 heavy (non-hydrogen) atoms. The van der Waals surface area contributed by atoms with Crippen LogP contribution in [0.25, 0.3) is 0 Å². The molecule has 0 aromatic heterocycles. The molecular formula is C12H17N3O3S. The fourth-order valence-corrected chi connectivity index (χ4v) is 3.05. The van der Waals surface area contributed by atoms with Crippen LogP contribution in [0.3, 0.4) is 0 Å². The number of amidine groups is 1. The van der Waals surface area contributed by atoms with Gasteiger partial charge in [-0.05, 0) is 12.1 Å². The Morgan fingerprint density at radius 2 is 2.11 bits per heavy atom. The molecule has 1 aliphatic heterocycles. The van der Waals surface area contributed by atoms with Crippen LogP contribution in [-0.2, 0) is 14.8 Å². The van der Waals surface area contributed by atoms with Gasteiger partial charge in [0.15, 0.2) is 0 Å². The fraction of sp³-hybridized carbons (Fsp3) is 0.417. The summed E-state index contributed by atoms with van der Waals surface area (Å²) in [5.74, 6) is 0.421. The van der Waals surface area contributed by atoms with E-state index in [4.69, 9.17) is 4.74 Å². The van der Waals surface area contributed by atoms with Gasteiger partial charge in [-0.15, -0.1) is 0 Å². The quantitative estimate of drug-likeness (QED) is 0.718. The van der Waals surface area contributed by atoms with E-state index in [-0.39, 0.29) is 0 Å². The minimum absolute atomic E-state index is 0.293. The average Bonchev–Trinajstić information content (AvgIpc) is 2.66. The zero-order valence-corrected chi connectivity index (χ0v) is 11.5. The Morgan fingerprint density at radius 3 is 2.89 bits per heavy atom. The summed E-state index contributed by atoms with van der Waals surface area (Å²) in [7, 11) is -1.78. The minimum Gasteiger partial charge on any atom is -0.383 e. The van der Waals surface area contributed by atoms with Crippen molar-refractivity contribution in [3.63, 3.8) is 0 Å². The molecule has 0 spiro atoms. The Hall–Kier alpha value is -1.44. The average molecular weight is 283 g/mol. The molecule has 0 fully saturated rings. The van der Waals surface area contributed by atoms with Crippen molar-refractivity contribution in [2.45, 2.75) is 4.90 Å². The number of hydrogen-bond donors (Lipinski definition) is 2. The number of fused-ring (bicyclic) bond motifs is 1. The van der Waals surface area contributed by atoms with E-state index in [1.807, 2.05) is 0 Å². The van der Waals surface area contributed by atoms with Crippen molar-refractivity contribution in [3.05, 3.63) is 29.8 Å². The van der Waals surface area contributed by atoms with E-state index in [1.54, 1.807) is 31.4 Å². The third-order valence-electron chi connectivity index (χ3n) is 2.70. The zero-order valence-electron chi connectivity index (χ0n) is 10.7. The van der Waals surface area contributed by atoms with Crippen molar-refractivity contribution in [3.8, 4) is 0 Å². The van der Waals surface area contributed by atoms with Gasteiger partial charge in [-0.3, -0.25) is 9.71 Å². The highest BCUT2D eigenvalue weighted by Gasteiger charge is 2.29. The molecule has 104 valence electrons. The van der Waals surface area contributed by atoms with Gasteiger partial charge >= 0.3 is 0 Å². The minimum atomic E-state index is -3.43. The number of ether oxygens (including phenoxy) is 1. The Kier molecular flexibility index (Phi) is 4.52. The molecule has 2 rings (SSSR count). The van der Waals surface area contributed by atoms with Gasteiger partial charge in [-0.1, -0.05) is 12.1 Å². The van der Waals surface area contributed by atoms with Crippen LogP contribution < -0.4 is 10.0 Å². The van der Waals surface area contributed by atoms with Crippen LogP contribution >= 0.6 is 0 Å². The maximum Gasteiger partial charge on any atom is 0.263 e. The van der Waals surface area contributed by atoms with E-state index in [0.717, 1.165) is 6.54 Å². The zero-order chi connectivity index (χ0) is 13.7. The first kappa shape index (κ1) is 14.0. The van der Waals surface area contributed by atoms with Gasteiger partial charge in [0.25, 0.3) is 10.0 Å². The van der Waals surface area contributed by atoms with Crippen LogP contribution in [0.15, 0.2) is 34.2 Å². The standard InChI is InChI=1S/C12H17N3O3S/c1-18-9-8-13-6-7-14-12-10-4-2-3-5-11(10)19(16,17)15-12/h2-5,13H,6-9H2,1H3,(H,14,15). The number of nitrogens with zero attached hydrogens (tertiary/aromatic N) is 1. The maximum absolute atomic E-state index is 11.8. The van der Waals surface area contributed by atoms with Crippen LogP contribution in [0.2, 0.25) is 0 Å². The Balaban J connectivity index is 1.99. The lowest BCUT2D eigenvalue weighted by atomic mass is 10.2. The molecule has 7 heteroatoms. The lowest BCUT2D eigenvalue weighted by Crippen LogP contribution is -2.25. The molecule has 0 unspecified atom stereocenters. The summed E-state index contributed by atoms with van der Waals surface area (Å²) in [6, 6.07) is 6.84. The van der Waals surface area contributed by atoms with Gasteiger partial charge in [0.05, 0.1) is 18.0 Å². The summed E-state index contributed by atoms with van der Waals surface area (Å²) in [4.78, 5) is 4.57. The first-order chi connectivity index (χ1) is 9.15. The van der Waals surface area contributed by atoms with E-state index < -0.39 is 10.0 Å². The number of benzene rings is 1. The number of sulfonamides is 1. The molecule has 0 atom stereocenters. The lowest BCUT2D eigenvalue weighted by molar-refractivity contribution is 0.200. The van der Waals surface area contributed by atoms with Gasteiger partial charge in [0, 0.05) is 25.8 Å². The molecule has 0 saturated carbocycles. The molecule has 0 saturated heterocycles. The molecule has 1 aromatic carbocycles. The molecule has 1 aromatic rings. The van der Waals surface area contributed by atoms with Crippen molar-refractivity contribution >= 4 is 15.9 Å². The molecule has 0 radical (unpaired) electrons. The molecule has 0 amide bonds. The summed E-state index contributed by atoms with van der Waals surface area (Å²) in [5.41, 5.74) is 0.638. The normalized spacial score (nSPS) is 18.3. The topological polar surface area (TPSA) is 79.8 Å². The third-order valence-corrected chi connectivity index (χ3v) is 4.10. The Labute approximate surface area is 112 Å². The number of methoxy groups -OCH3 is 1. The van der Waals surface area contributed by atoms with E-state index in [9.17, 15) is 8.42 Å². The first-order valence-corrected chi connectivity index (χ1v) is 7.50. The lowest BCUT2D eigenvalue weighted by Gasteiger charge is -2.02. The van der Waals surface area contributed by atoms with Crippen molar-refractivity contribution in [1.82, 2.24) is 10.0 Å². The van der Waals surface area contributed by atoms with Crippen LogP contribution in [0.1, 0.15) is 5.56 Å². The Morgan fingerprint density at radius 1 is 1.32 bits per heavy atom. The van der Waals surface area contributed by atoms with Crippen LogP contribution in [0, 0.1) is 0 Å². The second-order valence-corrected chi connectivity index (χ2v) is 5.73. The van der Waals surface area contributed by atoms with E-state index >= 15 is 0 Å². The first-order valence-electron chi connectivity index (χ1n) is 6.01. The summed E-state index contributed by atoms with van der Waals surface area (Å²) < 4.78 is 31.0. The van der Waals surface area contributed by atoms with Gasteiger partial charge in [0.1, 0.15) is 5.84 Å². The molecule has 0 aliphatic carbocycles. The maximum atomic E-state index is 11.8. The van der Waals surface area contributed by atoms with Gasteiger partial charge in [0.2, 0.25) is 0 Å². The summed E-state index contributed by atoms with van der Waals surface area (Å²) >= 11 is 0. The SMILES string of the molecule is COCCNCCN=C1NS(=O)(=O)c2ccccc21. The summed E-state index contributed by atoms with van der Waals surface area (Å²) in [6.45, 7) is 2.59. The van der Waals surface area contributed by atoms with Gasteiger partial charge in [-0.2, -0.15) is 0 Å². The number of aliphatic imine (C=N–C) groups is 1. The molecule has 0 bridgehead atoms. The van der Waals surface area contributed by atoms with E-state index in [0.29, 0.717) is 36.0 Å². The number of hydrogen-bond acceptors (Lipinski definition) is 5. The smallest absolute Gasteiger partial charge is 0.263 e. The highest BCUT2D eigenvalue weighted by atomic mass is 32.2. The predicted octanol–water partition coefficient (Wildman–Crippen LogP) is -0.0389. The molecular weight excluding hydrogens is 266 g/mol. The number of nitrogens with one attached hydrogen (secondary N) is 2. The van der Waals surface area contributed by atoms with Crippen molar-refractivity contribution < 1.29 is 13.2 Å². The van der Waals surface area contributed by atoms with Crippen molar-refractivity contribution in [2.75, 3.05) is 33.4 Å². The van der Waals surface area contributed by atoms with Crippen molar-refractivity contribution in [1.29, 1.82) is 0 Å². The second-order valence-electron chi connectivity index (χ2n) is 4.07. The third kappa shape index (κ3) is 3.31. The monoisotopic (exact) mass is 283 g/mol.